The highest BCUT2D eigenvalue weighted by Crippen LogP contribution is 2.41. The molecule has 1 amide bonds. The van der Waals surface area contributed by atoms with Gasteiger partial charge in [-0.2, -0.15) is 22.5 Å². The molecule has 11 nitrogen and oxygen atoms in total. The number of amides is 1. The summed E-state index contributed by atoms with van der Waals surface area (Å²) in [5.41, 5.74) is 0.771. The van der Waals surface area contributed by atoms with Crippen LogP contribution in [-0.4, -0.2) is 86.1 Å². The van der Waals surface area contributed by atoms with Gasteiger partial charge in [-0.1, -0.05) is 35.9 Å². The second kappa shape index (κ2) is 13.2. The number of aromatic nitrogens is 2. The van der Waals surface area contributed by atoms with Crippen molar-refractivity contribution in [1.82, 2.24) is 24.5 Å². The molecule has 46 heavy (non-hydrogen) atoms. The number of hydrogen-bond donors (Lipinski definition) is 3. The van der Waals surface area contributed by atoms with Gasteiger partial charge in [-0.05, 0) is 62.7 Å². The zero-order chi connectivity index (χ0) is 33.4. The van der Waals surface area contributed by atoms with Crippen molar-refractivity contribution in [3.05, 3.63) is 69.9 Å². The van der Waals surface area contributed by atoms with Crippen molar-refractivity contribution in [3.63, 3.8) is 0 Å². The molecule has 0 radical (unpaired) electrons. The van der Waals surface area contributed by atoms with E-state index in [1.54, 1.807) is 18.2 Å². The molecule has 2 aromatic carbocycles. The van der Waals surface area contributed by atoms with E-state index in [2.05, 4.69) is 30.8 Å². The molecule has 1 saturated heterocycles. The number of likely N-dealkylation sites (N-methyl/N-ethyl adjacent to an activating group) is 1. The summed E-state index contributed by atoms with van der Waals surface area (Å²) in [4.78, 5) is 23.3. The van der Waals surface area contributed by atoms with Crippen molar-refractivity contribution in [2.75, 3.05) is 51.2 Å². The molecule has 1 aromatic heterocycles. The number of fused-ring (bicyclic) bond motifs is 1. The first-order valence-corrected chi connectivity index (χ1v) is 16.7. The number of piperidine rings is 1. The van der Waals surface area contributed by atoms with Crippen LogP contribution in [0, 0.1) is 0 Å². The quantitative estimate of drug-likeness (QED) is 0.295. The summed E-state index contributed by atoms with van der Waals surface area (Å²) < 4.78 is 74.1. The second-order valence-corrected chi connectivity index (χ2v) is 14.0. The predicted molar refractivity (Wildman–Crippen MR) is 169 cm³/mol. The van der Waals surface area contributed by atoms with Gasteiger partial charge in [0, 0.05) is 19.3 Å². The Hall–Kier alpha value is -3.66. The number of halogens is 4. The molecule has 0 unspecified atom stereocenters. The third-order valence-corrected chi connectivity index (χ3v) is 9.95. The number of ether oxygens (including phenoxy) is 1. The van der Waals surface area contributed by atoms with Gasteiger partial charge in [0.05, 0.1) is 41.7 Å². The van der Waals surface area contributed by atoms with Gasteiger partial charge in [0.15, 0.2) is 0 Å². The lowest BCUT2D eigenvalue weighted by atomic mass is 10.0. The maximum Gasteiger partial charge on any atom is 0.421 e. The summed E-state index contributed by atoms with van der Waals surface area (Å²) in [6.45, 7) is 1.72. The number of rotatable bonds is 9. The predicted octanol–water partition coefficient (Wildman–Crippen LogP) is 4.69. The van der Waals surface area contributed by atoms with Crippen LogP contribution in [0.15, 0.2) is 42.6 Å². The monoisotopic (exact) mass is 681 g/mol. The Morgan fingerprint density at radius 1 is 1.17 bits per heavy atom. The number of anilines is 3. The van der Waals surface area contributed by atoms with Gasteiger partial charge in [-0.25, -0.2) is 13.4 Å². The number of nitrogens with one attached hydrogen (secondary N) is 3. The molecule has 5 rings (SSSR count). The van der Waals surface area contributed by atoms with Gasteiger partial charge in [0.25, 0.3) is 5.91 Å². The number of methoxy groups -OCH3 is 1. The number of carbonyl (C=O) groups is 1. The third kappa shape index (κ3) is 7.32. The van der Waals surface area contributed by atoms with Gasteiger partial charge in [-0.3, -0.25) is 4.79 Å². The smallest absolute Gasteiger partial charge is 0.421 e. The van der Waals surface area contributed by atoms with Crippen LogP contribution in [0.5, 0.6) is 5.75 Å². The highest BCUT2D eigenvalue weighted by molar-refractivity contribution is 7.88. The Morgan fingerprint density at radius 3 is 2.52 bits per heavy atom. The van der Waals surface area contributed by atoms with Crippen LogP contribution in [0.25, 0.3) is 0 Å². The minimum Gasteiger partial charge on any atom is -0.495 e. The molecular weight excluding hydrogens is 647 g/mol. The molecule has 1 fully saturated rings. The average molecular weight is 682 g/mol. The fourth-order valence-corrected chi connectivity index (χ4v) is 6.75. The number of benzene rings is 2. The van der Waals surface area contributed by atoms with Crippen LogP contribution >= 0.6 is 11.6 Å². The molecule has 0 saturated carbocycles. The summed E-state index contributed by atoms with van der Waals surface area (Å²) in [6, 6.07) is 8.41. The number of carbonyl (C=O) groups excluding carboxylic acids is 1. The van der Waals surface area contributed by atoms with E-state index in [1.165, 1.54) is 26.3 Å². The van der Waals surface area contributed by atoms with Crippen LogP contribution in [-0.2, 0) is 22.6 Å². The van der Waals surface area contributed by atoms with E-state index in [9.17, 15) is 26.4 Å². The second-order valence-electron chi connectivity index (χ2n) is 11.5. The maximum atomic E-state index is 14.1. The molecule has 2 aliphatic rings. The Morgan fingerprint density at radius 2 is 1.87 bits per heavy atom. The molecule has 1 aliphatic heterocycles. The fraction of sp³-hybridized carbons (Fsp3) is 0.433. The van der Waals surface area contributed by atoms with Crippen molar-refractivity contribution < 1.29 is 31.1 Å². The highest BCUT2D eigenvalue weighted by Gasteiger charge is 2.41. The molecule has 3 aromatic rings. The Bertz CT molecular complexity index is 1720. The zero-order valence-electron chi connectivity index (χ0n) is 25.7. The van der Waals surface area contributed by atoms with E-state index >= 15 is 0 Å². The first kappa shape index (κ1) is 33.7. The van der Waals surface area contributed by atoms with Gasteiger partial charge in [-0.15, -0.1) is 0 Å². The van der Waals surface area contributed by atoms with E-state index in [1.807, 2.05) is 13.1 Å². The molecule has 3 N–H and O–H groups in total. The van der Waals surface area contributed by atoms with Crippen molar-refractivity contribution in [2.45, 2.75) is 43.6 Å². The van der Waals surface area contributed by atoms with Crippen LogP contribution in [0.3, 0.4) is 0 Å². The van der Waals surface area contributed by atoms with Crippen LogP contribution in [0.4, 0.5) is 30.6 Å². The molecule has 0 bridgehead atoms. The van der Waals surface area contributed by atoms with E-state index in [-0.39, 0.29) is 46.3 Å². The zero-order valence-corrected chi connectivity index (χ0v) is 27.2. The minimum atomic E-state index is -4.81. The summed E-state index contributed by atoms with van der Waals surface area (Å²) >= 11 is 6.50. The van der Waals surface area contributed by atoms with Gasteiger partial charge < -0.3 is 25.6 Å². The Balaban J connectivity index is 1.43. The molecule has 2 heterocycles. The SMILES string of the molecule is COc1cc(C(=O)NC2CCN(C)CC2)c(Cl)cc1Nc1ncc(C(F)(F)F)c(N[C@@H]2Cc3ccccc3[C@@H]2N(C)S(C)(=O)=O)n1. The first-order chi connectivity index (χ1) is 21.7. The molecule has 248 valence electrons. The van der Waals surface area contributed by atoms with Crippen LogP contribution < -0.4 is 20.7 Å². The number of likely N-dealkylation sites (tertiary alicyclic amines) is 1. The molecule has 0 spiro atoms. The standard InChI is InChI=1S/C30H35ClF3N7O4S/c1-40-11-9-18(10-12-40)36-28(42)20-14-25(45-3)23(15-22(20)31)38-29-35-16-21(30(32,33)34)27(39-29)37-24-13-17-7-5-6-8-19(17)26(24)41(2)46(4,43)44/h5-8,14-16,18,24,26H,9-13H2,1-4H3,(H,36,42)(H2,35,37,38,39)/t24-,26+/m1/s1. The number of alkyl halides is 3. The molecule has 1 aliphatic carbocycles. The Labute approximate surface area is 270 Å². The number of hydrogen-bond acceptors (Lipinski definition) is 9. The fourth-order valence-electron chi connectivity index (χ4n) is 5.83. The molecular formula is C30H35ClF3N7O4S. The average Bonchev–Trinajstić information content (AvgIpc) is 3.34. The highest BCUT2D eigenvalue weighted by atomic mass is 35.5. The van der Waals surface area contributed by atoms with Gasteiger partial charge in [0.1, 0.15) is 17.1 Å². The summed E-state index contributed by atoms with van der Waals surface area (Å²) in [5, 5.41) is 8.81. The van der Waals surface area contributed by atoms with E-state index in [0.717, 1.165) is 42.1 Å². The minimum absolute atomic E-state index is 0.000453. The lowest BCUT2D eigenvalue weighted by Gasteiger charge is -2.30. The van der Waals surface area contributed by atoms with E-state index in [4.69, 9.17) is 16.3 Å². The third-order valence-electron chi connectivity index (χ3n) is 8.36. The summed E-state index contributed by atoms with van der Waals surface area (Å²) in [6.07, 6.45) is -1.26. The van der Waals surface area contributed by atoms with Crippen molar-refractivity contribution in [2.24, 2.45) is 0 Å². The largest absolute Gasteiger partial charge is 0.495 e. The van der Waals surface area contributed by atoms with Crippen molar-refractivity contribution in [3.8, 4) is 5.75 Å². The van der Waals surface area contributed by atoms with Gasteiger partial charge >= 0.3 is 6.18 Å². The number of nitrogens with zero attached hydrogens (tertiary/aromatic N) is 4. The van der Waals surface area contributed by atoms with Crippen LogP contribution in [0.1, 0.15) is 45.9 Å². The lowest BCUT2D eigenvalue weighted by molar-refractivity contribution is -0.137. The summed E-state index contributed by atoms with van der Waals surface area (Å²) in [7, 11) is 1.09. The van der Waals surface area contributed by atoms with Gasteiger partial charge in [0.2, 0.25) is 16.0 Å². The van der Waals surface area contributed by atoms with Crippen molar-refractivity contribution in [1.29, 1.82) is 0 Å². The Kier molecular flexibility index (Phi) is 9.68. The van der Waals surface area contributed by atoms with Crippen molar-refractivity contribution >= 4 is 45.0 Å². The maximum absolute atomic E-state index is 14.1. The number of sulfonamides is 1. The first-order valence-electron chi connectivity index (χ1n) is 14.5. The van der Waals surface area contributed by atoms with Crippen LogP contribution in [0.2, 0.25) is 5.02 Å². The molecule has 16 heteroatoms. The van der Waals surface area contributed by atoms with E-state index < -0.39 is 39.7 Å². The summed E-state index contributed by atoms with van der Waals surface area (Å²) in [5.74, 6) is -0.921. The normalized spacial score (nSPS) is 19.2. The molecule has 2 atom stereocenters. The van der Waals surface area contributed by atoms with E-state index in [0.29, 0.717) is 11.8 Å². The topological polar surface area (TPSA) is 129 Å². The lowest BCUT2D eigenvalue weighted by Crippen LogP contribution is -2.43.